The number of carbonyl (C=O) groups is 3. The molecule has 0 unspecified atom stereocenters. The summed E-state index contributed by atoms with van der Waals surface area (Å²) in [5, 5.41) is 0. The standard InChI is InChI=1S/C39H29NO3/c41-35-33-34(36(42)40(35)30-24-14-5-15-25-30)39(29-22-12-4-13-23-29)32(27-18-8-2-9-19-27)31(26-16-6-1-7-17-26)38(33,37(39)43)28-20-10-3-11-21-28/h1-25,31-34H/t31-,32+,33-,34-,38-,39-/m1/s1. The van der Waals surface area contributed by atoms with Crippen LogP contribution in [-0.2, 0) is 25.2 Å². The van der Waals surface area contributed by atoms with Crippen LogP contribution >= 0.6 is 0 Å². The maximum absolute atomic E-state index is 15.8. The number of amides is 2. The highest BCUT2D eigenvalue weighted by molar-refractivity contribution is 6.30. The summed E-state index contributed by atoms with van der Waals surface area (Å²) in [6.07, 6.45) is 0. The van der Waals surface area contributed by atoms with Crippen LogP contribution in [0.1, 0.15) is 34.1 Å². The number of nitrogens with zero attached hydrogens (tertiary/aromatic N) is 1. The molecule has 2 amide bonds. The monoisotopic (exact) mass is 559 g/mol. The second-order valence-electron chi connectivity index (χ2n) is 11.9. The molecule has 1 saturated heterocycles. The van der Waals surface area contributed by atoms with Crippen LogP contribution in [0.3, 0.4) is 0 Å². The minimum Gasteiger partial charge on any atom is -0.298 e. The minimum atomic E-state index is -1.26. The van der Waals surface area contributed by atoms with Gasteiger partial charge in [0.1, 0.15) is 0 Å². The number of ketones is 1. The fraction of sp³-hybridized carbons (Fsp3) is 0.154. The van der Waals surface area contributed by atoms with Gasteiger partial charge in [0.25, 0.3) is 0 Å². The Hall–Kier alpha value is -5.09. The molecule has 5 aromatic carbocycles. The molecule has 2 bridgehead atoms. The average molecular weight is 560 g/mol. The lowest BCUT2D eigenvalue weighted by Gasteiger charge is -2.46. The Morgan fingerprint density at radius 1 is 0.395 bits per heavy atom. The third-order valence-electron chi connectivity index (χ3n) is 10.2. The van der Waals surface area contributed by atoms with Gasteiger partial charge in [-0.1, -0.05) is 140 Å². The van der Waals surface area contributed by atoms with Gasteiger partial charge in [-0.15, -0.1) is 0 Å². The highest BCUT2D eigenvalue weighted by atomic mass is 16.2. The molecule has 1 aliphatic heterocycles. The van der Waals surface area contributed by atoms with Gasteiger partial charge in [-0.2, -0.15) is 0 Å². The summed E-state index contributed by atoms with van der Waals surface area (Å²) in [4.78, 5) is 46.9. The summed E-state index contributed by atoms with van der Waals surface area (Å²) in [6, 6.07) is 48.9. The predicted octanol–water partition coefficient (Wildman–Crippen LogP) is 6.83. The van der Waals surface area contributed by atoms with Gasteiger partial charge in [-0.3, -0.25) is 14.4 Å². The molecule has 5 aromatic rings. The first kappa shape index (κ1) is 25.6. The number of fused-ring (bicyclic) bond motifs is 5. The van der Waals surface area contributed by atoms with Gasteiger partial charge in [0.05, 0.1) is 28.4 Å². The Balaban J connectivity index is 1.53. The van der Waals surface area contributed by atoms with Crippen molar-refractivity contribution in [2.75, 3.05) is 4.90 Å². The molecule has 4 nitrogen and oxygen atoms in total. The Bertz CT molecular complexity index is 1730. The summed E-state index contributed by atoms with van der Waals surface area (Å²) in [7, 11) is 0. The van der Waals surface area contributed by atoms with Gasteiger partial charge in [0.2, 0.25) is 11.8 Å². The summed E-state index contributed by atoms with van der Waals surface area (Å²) in [6.45, 7) is 0. The highest BCUT2D eigenvalue weighted by Gasteiger charge is 2.86. The van der Waals surface area contributed by atoms with E-state index >= 15 is 4.79 Å². The van der Waals surface area contributed by atoms with Crippen molar-refractivity contribution in [3.8, 4) is 0 Å². The lowest BCUT2D eigenvalue weighted by molar-refractivity contribution is -0.131. The van der Waals surface area contributed by atoms with E-state index in [9.17, 15) is 9.59 Å². The maximum atomic E-state index is 15.8. The number of anilines is 1. The molecule has 43 heavy (non-hydrogen) atoms. The molecule has 3 fully saturated rings. The van der Waals surface area contributed by atoms with E-state index in [0.29, 0.717) is 5.69 Å². The summed E-state index contributed by atoms with van der Waals surface area (Å²) < 4.78 is 0. The molecule has 4 heteroatoms. The number of benzene rings is 5. The quantitative estimate of drug-likeness (QED) is 0.222. The first-order chi connectivity index (χ1) is 21.1. The van der Waals surface area contributed by atoms with Crippen molar-refractivity contribution in [2.45, 2.75) is 22.7 Å². The number of para-hydroxylation sites is 1. The number of Topliss-reactive ketones (excluding diaryl/α,β-unsaturated/α-hetero) is 1. The molecule has 0 radical (unpaired) electrons. The third-order valence-corrected chi connectivity index (χ3v) is 10.2. The van der Waals surface area contributed by atoms with Crippen molar-refractivity contribution in [2.24, 2.45) is 11.8 Å². The number of hydrogen-bond donors (Lipinski definition) is 0. The number of imide groups is 1. The van der Waals surface area contributed by atoms with Crippen molar-refractivity contribution in [3.05, 3.63) is 174 Å². The molecule has 208 valence electrons. The van der Waals surface area contributed by atoms with E-state index in [4.69, 9.17) is 0 Å². The molecule has 0 aromatic heterocycles. The van der Waals surface area contributed by atoms with E-state index in [1.165, 1.54) is 4.90 Å². The van der Waals surface area contributed by atoms with Crippen LogP contribution < -0.4 is 4.90 Å². The molecule has 0 spiro atoms. The van der Waals surface area contributed by atoms with Crippen molar-refractivity contribution < 1.29 is 14.4 Å². The van der Waals surface area contributed by atoms with E-state index in [-0.39, 0.29) is 29.4 Å². The minimum absolute atomic E-state index is 0.0375. The van der Waals surface area contributed by atoms with Crippen molar-refractivity contribution in [1.29, 1.82) is 0 Å². The molecular formula is C39H29NO3. The zero-order valence-electron chi connectivity index (χ0n) is 23.4. The number of carbonyl (C=O) groups excluding carboxylic acids is 3. The van der Waals surface area contributed by atoms with Gasteiger partial charge in [-0.05, 0) is 34.4 Å². The first-order valence-electron chi connectivity index (χ1n) is 14.8. The van der Waals surface area contributed by atoms with Crippen LogP contribution in [-0.4, -0.2) is 17.6 Å². The molecule has 2 aliphatic carbocycles. The third kappa shape index (κ3) is 3.18. The van der Waals surface area contributed by atoms with Gasteiger partial charge in [0, 0.05) is 11.8 Å². The topological polar surface area (TPSA) is 54.5 Å². The predicted molar refractivity (Wildman–Crippen MR) is 166 cm³/mol. The summed E-state index contributed by atoms with van der Waals surface area (Å²) in [5.41, 5.74) is 1.57. The molecule has 1 heterocycles. The van der Waals surface area contributed by atoms with E-state index in [0.717, 1.165) is 22.3 Å². The average Bonchev–Trinajstić information content (AvgIpc) is 3.59. The second-order valence-corrected chi connectivity index (χ2v) is 11.9. The molecular weight excluding hydrogens is 530 g/mol. The first-order valence-corrected chi connectivity index (χ1v) is 14.8. The van der Waals surface area contributed by atoms with Gasteiger partial charge in [0.15, 0.2) is 5.78 Å². The van der Waals surface area contributed by atoms with Crippen LogP contribution in [0.15, 0.2) is 152 Å². The molecule has 8 rings (SSSR count). The van der Waals surface area contributed by atoms with Gasteiger partial charge >= 0.3 is 0 Å². The zero-order chi connectivity index (χ0) is 29.2. The Kier molecular flexibility index (Phi) is 5.64. The Morgan fingerprint density at radius 2 is 0.721 bits per heavy atom. The van der Waals surface area contributed by atoms with E-state index in [1.54, 1.807) is 12.1 Å². The summed E-state index contributed by atoms with van der Waals surface area (Å²) in [5.74, 6) is -3.14. The lowest BCUT2D eigenvalue weighted by atomic mass is 9.52. The smallest absolute Gasteiger partial charge is 0.239 e. The fourth-order valence-corrected chi connectivity index (χ4v) is 8.88. The molecule has 2 saturated carbocycles. The zero-order valence-corrected chi connectivity index (χ0v) is 23.4. The van der Waals surface area contributed by atoms with Crippen LogP contribution in [0, 0.1) is 11.8 Å². The van der Waals surface area contributed by atoms with Crippen LogP contribution in [0.25, 0.3) is 0 Å². The van der Waals surface area contributed by atoms with Crippen LogP contribution in [0.4, 0.5) is 5.69 Å². The van der Waals surface area contributed by atoms with Crippen LogP contribution in [0.5, 0.6) is 0 Å². The summed E-state index contributed by atoms with van der Waals surface area (Å²) >= 11 is 0. The molecule has 3 aliphatic rings. The van der Waals surface area contributed by atoms with E-state index in [1.807, 2.05) is 115 Å². The Morgan fingerprint density at radius 3 is 1.09 bits per heavy atom. The highest BCUT2D eigenvalue weighted by Crippen LogP contribution is 2.77. The van der Waals surface area contributed by atoms with Crippen molar-refractivity contribution >= 4 is 23.3 Å². The van der Waals surface area contributed by atoms with E-state index < -0.39 is 22.7 Å². The number of rotatable bonds is 5. The molecule has 0 N–H and O–H groups in total. The SMILES string of the molecule is O=C1[C@H]2[C@H](C(=O)N1c1ccccc1)[C@]1(c3ccccc3)C(=O)[C@]2(c2ccccc2)[C@H](c2ccccc2)[C@@H]1c1ccccc1. The lowest BCUT2D eigenvalue weighted by Crippen LogP contribution is -2.49. The van der Waals surface area contributed by atoms with Crippen molar-refractivity contribution in [3.63, 3.8) is 0 Å². The van der Waals surface area contributed by atoms with Crippen molar-refractivity contribution in [1.82, 2.24) is 0 Å². The van der Waals surface area contributed by atoms with Crippen LogP contribution in [0.2, 0.25) is 0 Å². The normalized spacial score (nSPS) is 29.2. The van der Waals surface area contributed by atoms with Gasteiger partial charge in [-0.25, -0.2) is 4.90 Å². The second kappa shape index (κ2) is 9.47. The largest absolute Gasteiger partial charge is 0.298 e. The Labute approximate surface area is 250 Å². The number of hydrogen-bond acceptors (Lipinski definition) is 3. The van der Waals surface area contributed by atoms with E-state index in [2.05, 4.69) is 24.3 Å². The van der Waals surface area contributed by atoms with Gasteiger partial charge < -0.3 is 0 Å². The maximum Gasteiger partial charge on any atom is 0.239 e. The fourth-order valence-electron chi connectivity index (χ4n) is 8.88. The molecule has 6 atom stereocenters.